The van der Waals surface area contributed by atoms with Gasteiger partial charge in [0, 0.05) is 25.4 Å². The summed E-state index contributed by atoms with van der Waals surface area (Å²) in [7, 11) is 0. The van der Waals surface area contributed by atoms with Crippen LogP contribution in [0, 0.1) is 0 Å². The quantitative estimate of drug-likeness (QED) is 0.603. The summed E-state index contributed by atoms with van der Waals surface area (Å²) in [5.74, 6) is 0.551. The standard InChI is InChI=1S/C20H25N3O3/c24-20(21-14-19-7-4-12-25-19)15-26-18-10-8-16(9-11-18)13-22-23-17-5-2-1-3-6-17/h1-3,5-6,8-11,19,22-23H,4,7,12-15H2,(H,21,24). The van der Waals surface area contributed by atoms with Crippen molar-refractivity contribution in [1.29, 1.82) is 0 Å². The fourth-order valence-corrected chi connectivity index (χ4v) is 2.71. The monoisotopic (exact) mass is 355 g/mol. The molecule has 6 nitrogen and oxygen atoms in total. The number of carbonyl (C=O) groups is 1. The lowest BCUT2D eigenvalue weighted by atomic mass is 10.2. The first-order chi connectivity index (χ1) is 12.8. The zero-order valence-corrected chi connectivity index (χ0v) is 14.7. The molecule has 1 atom stereocenters. The van der Waals surface area contributed by atoms with Crippen LogP contribution in [0.1, 0.15) is 18.4 Å². The molecule has 6 heteroatoms. The fraction of sp³-hybridized carbons (Fsp3) is 0.350. The molecule has 0 aromatic heterocycles. The number of carbonyl (C=O) groups excluding carboxylic acids is 1. The molecule has 2 aromatic rings. The second-order valence-corrected chi connectivity index (χ2v) is 6.22. The van der Waals surface area contributed by atoms with Gasteiger partial charge >= 0.3 is 0 Å². The van der Waals surface area contributed by atoms with Crippen LogP contribution in [0.15, 0.2) is 54.6 Å². The molecule has 0 radical (unpaired) electrons. The Kier molecular flexibility index (Phi) is 6.87. The average Bonchev–Trinajstić information content (AvgIpc) is 3.20. The molecular formula is C20H25N3O3. The number of hydrazine groups is 1. The molecule has 1 aliphatic heterocycles. The molecule has 1 aliphatic rings. The zero-order chi connectivity index (χ0) is 18.0. The van der Waals surface area contributed by atoms with Crippen molar-refractivity contribution < 1.29 is 14.3 Å². The smallest absolute Gasteiger partial charge is 0.258 e. The van der Waals surface area contributed by atoms with Crippen molar-refractivity contribution in [2.75, 3.05) is 25.2 Å². The summed E-state index contributed by atoms with van der Waals surface area (Å²) >= 11 is 0. The zero-order valence-electron chi connectivity index (χ0n) is 14.7. The van der Waals surface area contributed by atoms with Crippen molar-refractivity contribution in [3.63, 3.8) is 0 Å². The Bertz CT molecular complexity index is 670. The second-order valence-electron chi connectivity index (χ2n) is 6.22. The lowest BCUT2D eigenvalue weighted by Crippen LogP contribution is -2.35. The van der Waals surface area contributed by atoms with E-state index in [9.17, 15) is 4.79 Å². The molecule has 0 aliphatic carbocycles. The lowest BCUT2D eigenvalue weighted by Gasteiger charge is -2.12. The second kappa shape index (κ2) is 9.79. The van der Waals surface area contributed by atoms with Gasteiger partial charge in [0.05, 0.1) is 6.10 Å². The third-order valence-corrected chi connectivity index (χ3v) is 4.14. The fourth-order valence-electron chi connectivity index (χ4n) is 2.71. The van der Waals surface area contributed by atoms with Gasteiger partial charge in [-0.3, -0.25) is 4.79 Å². The van der Waals surface area contributed by atoms with Crippen LogP contribution < -0.4 is 20.9 Å². The summed E-state index contributed by atoms with van der Waals surface area (Å²) in [5.41, 5.74) is 8.43. The van der Waals surface area contributed by atoms with Crippen molar-refractivity contribution in [2.24, 2.45) is 0 Å². The van der Waals surface area contributed by atoms with Crippen molar-refractivity contribution in [2.45, 2.75) is 25.5 Å². The van der Waals surface area contributed by atoms with E-state index in [4.69, 9.17) is 9.47 Å². The molecule has 2 aromatic carbocycles. The first-order valence-electron chi connectivity index (χ1n) is 8.93. The SMILES string of the molecule is O=C(COc1ccc(CNNc2ccccc2)cc1)NCC1CCCO1. The first-order valence-corrected chi connectivity index (χ1v) is 8.93. The Morgan fingerprint density at radius 2 is 1.92 bits per heavy atom. The topological polar surface area (TPSA) is 71.6 Å². The molecular weight excluding hydrogens is 330 g/mol. The Morgan fingerprint density at radius 3 is 2.65 bits per heavy atom. The van der Waals surface area contributed by atoms with Crippen LogP contribution in [0.2, 0.25) is 0 Å². The Hall–Kier alpha value is -2.57. The highest BCUT2D eigenvalue weighted by Crippen LogP contribution is 2.13. The molecule has 1 amide bonds. The number of hydrogen-bond acceptors (Lipinski definition) is 5. The summed E-state index contributed by atoms with van der Waals surface area (Å²) < 4.78 is 11.0. The van der Waals surface area contributed by atoms with Crippen LogP contribution in [0.3, 0.4) is 0 Å². The van der Waals surface area contributed by atoms with Gasteiger partial charge in [-0.05, 0) is 42.7 Å². The number of amides is 1. The number of para-hydroxylation sites is 1. The van der Waals surface area contributed by atoms with Crippen LogP contribution in [-0.4, -0.2) is 31.8 Å². The Morgan fingerprint density at radius 1 is 1.12 bits per heavy atom. The molecule has 138 valence electrons. The van der Waals surface area contributed by atoms with Crippen molar-refractivity contribution in [3.05, 3.63) is 60.2 Å². The molecule has 1 saturated heterocycles. The third-order valence-electron chi connectivity index (χ3n) is 4.14. The van der Waals surface area contributed by atoms with Gasteiger partial charge in [-0.15, -0.1) is 0 Å². The minimum absolute atomic E-state index is 0.0138. The van der Waals surface area contributed by atoms with Crippen molar-refractivity contribution >= 4 is 11.6 Å². The van der Waals surface area contributed by atoms with Gasteiger partial charge in [0.15, 0.2) is 6.61 Å². The molecule has 1 fully saturated rings. The average molecular weight is 355 g/mol. The summed E-state index contributed by atoms with van der Waals surface area (Å²) in [6, 6.07) is 17.6. The minimum atomic E-state index is -0.127. The minimum Gasteiger partial charge on any atom is -0.484 e. The van der Waals surface area contributed by atoms with Crippen molar-refractivity contribution in [3.8, 4) is 5.75 Å². The summed E-state index contributed by atoms with van der Waals surface area (Å²) in [5, 5.41) is 2.84. The maximum Gasteiger partial charge on any atom is 0.258 e. The van der Waals surface area contributed by atoms with E-state index in [1.807, 2.05) is 54.6 Å². The summed E-state index contributed by atoms with van der Waals surface area (Å²) in [4.78, 5) is 11.8. The highest BCUT2D eigenvalue weighted by Gasteiger charge is 2.16. The van der Waals surface area contributed by atoms with Crippen LogP contribution in [0.4, 0.5) is 5.69 Å². The molecule has 26 heavy (non-hydrogen) atoms. The highest BCUT2D eigenvalue weighted by molar-refractivity contribution is 5.77. The number of anilines is 1. The van der Waals surface area contributed by atoms with E-state index in [1.54, 1.807) is 0 Å². The van der Waals surface area contributed by atoms with Gasteiger partial charge in [0.1, 0.15) is 5.75 Å². The normalized spacial score (nSPS) is 16.2. The number of benzene rings is 2. The van der Waals surface area contributed by atoms with Gasteiger partial charge in [0.2, 0.25) is 0 Å². The maximum atomic E-state index is 11.8. The third kappa shape index (κ3) is 6.06. The molecule has 0 spiro atoms. The van der Waals surface area contributed by atoms with Crippen LogP contribution >= 0.6 is 0 Å². The van der Waals surface area contributed by atoms with E-state index < -0.39 is 0 Å². The van der Waals surface area contributed by atoms with Gasteiger partial charge in [-0.25, -0.2) is 5.43 Å². The maximum absolute atomic E-state index is 11.8. The van der Waals surface area contributed by atoms with E-state index in [-0.39, 0.29) is 18.6 Å². The predicted octanol–water partition coefficient (Wildman–Crippen LogP) is 2.48. The summed E-state index contributed by atoms with van der Waals surface area (Å²) in [6.45, 7) is 2.04. The molecule has 1 heterocycles. The van der Waals surface area contributed by atoms with E-state index in [0.717, 1.165) is 30.7 Å². The largest absolute Gasteiger partial charge is 0.484 e. The number of hydrogen-bond donors (Lipinski definition) is 3. The van der Waals surface area contributed by atoms with Gasteiger partial charge in [-0.1, -0.05) is 30.3 Å². The first kappa shape index (κ1) is 18.2. The number of nitrogens with one attached hydrogen (secondary N) is 3. The van der Waals surface area contributed by atoms with E-state index in [2.05, 4.69) is 16.2 Å². The van der Waals surface area contributed by atoms with Crippen LogP contribution in [0.25, 0.3) is 0 Å². The van der Waals surface area contributed by atoms with E-state index >= 15 is 0 Å². The predicted molar refractivity (Wildman–Crippen MR) is 101 cm³/mol. The van der Waals surface area contributed by atoms with Crippen LogP contribution in [-0.2, 0) is 16.1 Å². The highest BCUT2D eigenvalue weighted by atomic mass is 16.5. The van der Waals surface area contributed by atoms with Crippen LogP contribution in [0.5, 0.6) is 5.75 Å². The van der Waals surface area contributed by atoms with E-state index in [0.29, 0.717) is 18.8 Å². The Balaban J connectivity index is 1.33. The summed E-state index contributed by atoms with van der Waals surface area (Å²) in [6.07, 6.45) is 2.23. The van der Waals surface area contributed by atoms with Gasteiger partial charge in [0.25, 0.3) is 5.91 Å². The molecule has 0 saturated carbocycles. The molecule has 3 N–H and O–H groups in total. The molecule has 1 unspecified atom stereocenters. The van der Waals surface area contributed by atoms with Gasteiger partial charge < -0.3 is 20.2 Å². The molecule has 0 bridgehead atoms. The van der Waals surface area contributed by atoms with E-state index in [1.165, 1.54) is 0 Å². The Labute approximate surface area is 153 Å². The molecule has 3 rings (SSSR count). The number of ether oxygens (including phenoxy) is 2. The van der Waals surface area contributed by atoms with Crippen molar-refractivity contribution in [1.82, 2.24) is 10.7 Å². The van der Waals surface area contributed by atoms with Gasteiger partial charge in [-0.2, -0.15) is 0 Å². The lowest BCUT2D eigenvalue weighted by molar-refractivity contribution is -0.123. The number of rotatable bonds is 9.